The number of alkyl halides is 1. The van der Waals surface area contributed by atoms with Gasteiger partial charge < -0.3 is 24.8 Å². The number of aromatic amines is 1. The largest absolute Gasteiger partial charge is 0.469 e. The van der Waals surface area contributed by atoms with E-state index in [2.05, 4.69) is 43.9 Å². The number of anilines is 2. The highest BCUT2D eigenvalue weighted by molar-refractivity contribution is 5.87. The Bertz CT molecular complexity index is 1170. The maximum absolute atomic E-state index is 14.7. The normalized spacial score (nSPS) is 22.1. The third kappa shape index (κ3) is 4.60. The molecule has 0 aromatic carbocycles. The van der Waals surface area contributed by atoms with Gasteiger partial charge in [-0.3, -0.25) is 9.48 Å². The quantitative estimate of drug-likeness (QED) is 0.536. The summed E-state index contributed by atoms with van der Waals surface area (Å²) in [6, 6.07) is 2.15. The molecule has 11 heteroatoms. The van der Waals surface area contributed by atoms with Crippen LogP contribution in [0.25, 0.3) is 11.0 Å². The van der Waals surface area contributed by atoms with Crippen LogP contribution in [0.3, 0.4) is 0 Å². The van der Waals surface area contributed by atoms with Crippen LogP contribution in [-0.2, 0) is 4.79 Å². The number of amides is 1. The Kier molecular flexibility index (Phi) is 6.18. The minimum atomic E-state index is -1.21. The fourth-order valence-corrected chi connectivity index (χ4v) is 4.52. The first-order valence-electron chi connectivity index (χ1n) is 11.6. The Balaban J connectivity index is 1.34. The van der Waals surface area contributed by atoms with Crippen LogP contribution < -0.4 is 10.1 Å². The van der Waals surface area contributed by atoms with Crippen LogP contribution in [0, 0.1) is 0 Å². The first-order valence-corrected chi connectivity index (χ1v) is 11.6. The maximum Gasteiger partial charge on any atom is 0.246 e. The van der Waals surface area contributed by atoms with Crippen LogP contribution in [0.5, 0.6) is 5.88 Å². The fraction of sp³-hybridized carbons (Fsp3) is 0.478. The number of nitrogens with one attached hydrogen (secondary N) is 2. The molecule has 10 nitrogen and oxygen atoms in total. The van der Waals surface area contributed by atoms with Gasteiger partial charge in [0.15, 0.2) is 0 Å². The van der Waals surface area contributed by atoms with Gasteiger partial charge in [-0.1, -0.05) is 6.58 Å². The third-order valence-corrected chi connectivity index (χ3v) is 6.53. The molecule has 2 saturated heterocycles. The van der Waals surface area contributed by atoms with Gasteiger partial charge in [-0.05, 0) is 51.5 Å². The highest BCUT2D eigenvalue weighted by Crippen LogP contribution is 2.29. The van der Waals surface area contributed by atoms with Gasteiger partial charge in [-0.15, -0.1) is 0 Å². The molecule has 0 saturated carbocycles. The van der Waals surface area contributed by atoms with Gasteiger partial charge in [0.2, 0.25) is 17.7 Å². The number of hydrogen-bond donors (Lipinski definition) is 2. The number of likely N-dealkylation sites (tertiary alicyclic amines) is 2. The average molecular weight is 469 g/mol. The molecule has 2 aliphatic heterocycles. The van der Waals surface area contributed by atoms with Gasteiger partial charge in [0, 0.05) is 18.9 Å². The van der Waals surface area contributed by atoms with E-state index in [0.29, 0.717) is 29.6 Å². The Morgan fingerprint density at radius 2 is 2.12 bits per heavy atom. The van der Waals surface area contributed by atoms with Crippen LogP contribution in [0.1, 0.15) is 25.3 Å². The molecule has 0 spiro atoms. The van der Waals surface area contributed by atoms with E-state index < -0.39 is 12.3 Å². The lowest BCUT2D eigenvalue weighted by atomic mass is 10.1. The summed E-state index contributed by atoms with van der Waals surface area (Å²) < 4.78 is 22.7. The van der Waals surface area contributed by atoms with Gasteiger partial charge in [0.1, 0.15) is 17.9 Å². The highest BCUT2D eigenvalue weighted by atomic mass is 19.1. The average Bonchev–Trinajstić information content (AvgIpc) is 3.50. The minimum absolute atomic E-state index is 0.133. The minimum Gasteiger partial charge on any atom is -0.469 e. The molecule has 1 amide bonds. The monoisotopic (exact) mass is 468 g/mol. The molecule has 3 aromatic rings. The Morgan fingerprint density at radius 3 is 2.91 bits per heavy atom. The number of H-pyrrole nitrogens is 1. The number of hydrogen-bond acceptors (Lipinski definition) is 7. The number of carbonyl (C=O) groups excluding carboxylic acids is 1. The van der Waals surface area contributed by atoms with Crippen LogP contribution >= 0.6 is 0 Å². The van der Waals surface area contributed by atoms with Gasteiger partial charge >= 0.3 is 0 Å². The lowest BCUT2D eigenvalue weighted by Gasteiger charge is -2.34. The number of piperidine rings is 2. The van der Waals surface area contributed by atoms with E-state index in [1.807, 2.05) is 10.9 Å². The molecule has 5 heterocycles. The SMILES string of the molecule is C=CC(=O)N1CC[C@@H](F)[C@@H](Oc2nc(Nc3cnn(C4CCN(C)CC4)c3)nc3[nH]ccc23)C1. The zero-order chi connectivity index (χ0) is 23.7. The van der Waals surface area contributed by atoms with Gasteiger partial charge in [-0.2, -0.15) is 15.1 Å². The van der Waals surface area contributed by atoms with Crippen molar-refractivity contribution < 1.29 is 13.9 Å². The molecule has 0 unspecified atom stereocenters. The predicted octanol–water partition coefficient (Wildman–Crippen LogP) is 2.67. The number of fused-ring (bicyclic) bond motifs is 1. The second-order valence-electron chi connectivity index (χ2n) is 8.91. The van der Waals surface area contributed by atoms with Gasteiger partial charge in [-0.25, -0.2) is 4.39 Å². The molecule has 2 atom stereocenters. The summed E-state index contributed by atoms with van der Waals surface area (Å²) >= 11 is 0. The Labute approximate surface area is 196 Å². The fourth-order valence-electron chi connectivity index (χ4n) is 4.52. The molecular formula is C23H29FN8O2. The van der Waals surface area contributed by atoms with E-state index in [4.69, 9.17) is 4.74 Å². The topological polar surface area (TPSA) is 104 Å². The number of ether oxygens (including phenoxy) is 1. The molecule has 0 radical (unpaired) electrons. The molecule has 34 heavy (non-hydrogen) atoms. The third-order valence-electron chi connectivity index (χ3n) is 6.53. The highest BCUT2D eigenvalue weighted by Gasteiger charge is 2.33. The summed E-state index contributed by atoms with van der Waals surface area (Å²) in [6.45, 7) is 6.08. The van der Waals surface area contributed by atoms with Crippen molar-refractivity contribution in [2.24, 2.45) is 0 Å². The lowest BCUT2D eigenvalue weighted by molar-refractivity contribution is -0.130. The second-order valence-corrected chi connectivity index (χ2v) is 8.91. The maximum atomic E-state index is 14.7. The Hall–Kier alpha value is -3.47. The standard InChI is InChI=1S/C23H29FN8O2/c1-3-20(33)31-11-7-18(24)19(14-31)34-22-17-4-8-25-21(17)28-23(29-22)27-15-12-26-32(13-15)16-5-9-30(2)10-6-16/h3-4,8,12-13,16,18-19H,1,5-7,9-11,14H2,2H3,(H2,25,27,28,29)/t18-,19+/m1/s1. The summed E-state index contributed by atoms with van der Waals surface area (Å²) in [6.07, 6.45) is 6.94. The van der Waals surface area contributed by atoms with Crippen molar-refractivity contribution in [1.82, 2.24) is 34.5 Å². The van der Waals surface area contributed by atoms with Crippen molar-refractivity contribution in [3.05, 3.63) is 37.3 Å². The summed E-state index contributed by atoms with van der Waals surface area (Å²) in [5.74, 6) is 0.342. The van der Waals surface area contributed by atoms with Crippen molar-refractivity contribution in [1.29, 1.82) is 0 Å². The summed E-state index contributed by atoms with van der Waals surface area (Å²) in [7, 11) is 2.13. The van der Waals surface area contributed by atoms with Crippen molar-refractivity contribution >= 4 is 28.6 Å². The smallest absolute Gasteiger partial charge is 0.246 e. The second kappa shape index (κ2) is 9.41. The van der Waals surface area contributed by atoms with Crippen molar-refractivity contribution in [2.75, 3.05) is 38.5 Å². The number of carbonyl (C=O) groups is 1. The zero-order valence-electron chi connectivity index (χ0n) is 19.2. The van der Waals surface area contributed by atoms with E-state index in [-0.39, 0.29) is 24.8 Å². The number of halogens is 1. The molecule has 2 fully saturated rings. The van der Waals surface area contributed by atoms with Crippen LogP contribution in [0.4, 0.5) is 16.0 Å². The van der Waals surface area contributed by atoms with Crippen molar-refractivity contribution in [3.63, 3.8) is 0 Å². The molecule has 0 aliphatic carbocycles. The van der Waals surface area contributed by atoms with E-state index in [1.165, 1.54) is 6.08 Å². The van der Waals surface area contributed by atoms with Crippen LogP contribution in [0.15, 0.2) is 37.3 Å². The van der Waals surface area contributed by atoms with E-state index in [0.717, 1.165) is 31.6 Å². The molecule has 0 bridgehead atoms. The molecular weight excluding hydrogens is 439 g/mol. The molecule has 180 valence electrons. The van der Waals surface area contributed by atoms with Gasteiger partial charge in [0.25, 0.3) is 0 Å². The molecule has 2 aliphatic rings. The summed E-state index contributed by atoms with van der Waals surface area (Å²) in [4.78, 5) is 28.0. The number of rotatable bonds is 6. The first-order chi connectivity index (χ1) is 16.5. The van der Waals surface area contributed by atoms with E-state index >= 15 is 0 Å². The van der Waals surface area contributed by atoms with Crippen molar-refractivity contribution in [2.45, 2.75) is 37.6 Å². The summed E-state index contributed by atoms with van der Waals surface area (Å²) in [5.41, 5.74) is 1.33. The van der Waals surface area contributed by atoms with Gasteiger partial charge in [0.05, 0.1) is 29.9 Å². The molecule has 3 aromatic heterocycles. The number of nitrogens with zero attached hydrogens (tertiary/aromatic N) is 6. The van der Waals surface area contributed by atoms with Crippen LogP contribution in [0.2, 0.25) is 0 Å². The van der Waals surface area contributed by atoms with E-state index in [1.54, 1.807) is 23.4 Å². The Morgan fingerprint density at radius 1 is 1.29 bits per heavy atom. The van der Waals surface area contributed by atoms with Crippen LogP contribution in [-0.4, -0.2) is 85.9 Å². The van der Waals surface area contributed by atoms with E-state index in [9.17, 15) is 9.18 Å². The lowest BCUT2D eigenvalue weighted by Crippen LogP contribution is -2.49. The zero-order valence-corrected chi connectivity index (χ0v) is 19.2. The molecule has 5 rings (SSSR count). The first kappa shape index (κ1) is 22.3. The molecule has 2 N–H and O–H groups in total. The number of aromatic nitrogens is 5. The summed E-state index contributed by atoms with van der Waals surface area (Å²) in [5, 5.41) is 8.36. The van der Waals surface area contributed by atoms with Crippen molar-refractivity contribution in [3.8, 4) is 5.88 Å². The predicted molar refractivity (Wildman–Crippen MR) is 126 cm³/mol.